The van der Waals surface area contributed by atoms with Crippen LogP contribution in [0.2, 0.25) is 0 Å². The van der Waals surface area contributed by atoms with Crippen LogP contribution in [-0.4, -0.2) is 40.9 Å². The number of hydrogen-bond acceptors (Lipinski definition) is 3. The normalized spacial score (nSPS) is 20.3. The molecule has 6 heteroatoms. The molecule has 1 heterocycles. The summed E-state index contributed by atoms with van der Waals surface area (Å²) in [5.74, 6) is -0.447. The number of nitrogens with one attached hydrogen (secondary N) is 1. The second-order valence-electron chi connectivity index (χ2n) is 6.38. The van der Waals surface area contributed by atoms with Crippen LogP contribution in [0.4, 0.5) is 9.59 Å². The molecule has 128 valence electrons. The maximum Gasteiger partial charge on any atom is 0.335 e. The highest BCUT2D eigenvalue weighted by Crippen LogP contribution is 2.29. The molecule has 0 aromatic heterocycles. The highest BCUT2D eigenvalue weighted by Gasteiger charge is 2.41. The maximum absolute atomic E-state index is 12.5. The summed E-state index contributed by atoms with van der Waals surface area (Å²) in [7, 11) is 0. The third-order valence-corrected chi connectivity index (χ3v) is 4.69. The highest BCUT2D eigenvalue weighted by atomic mass is 16.2. The molecule has 0 radical (unpaired) electrons. The molecule has 0 saturated carbocycles. The van der Waals surface area contributed by atoms with E-state index in [0.29, 0.717) is 6.54 Å². The van der Waals surface area contributed by atoms with Crippen molar-refractivity contribution in [2.75, 3.05) is 13.1 Å². The fraction of sp³-hybridized carbons (Fsp3) is 0.500. The fourth-order valence-corrected chi connectivity index (χ4v) is 3.39. The van der Waals surface area contributed by atoms with E-state index in [0.717, 1.165) is 42.6 Å². The number of hydrogen-bond donors (Lipinski definition) is 1. The summed E-state index contributed by atoms with van der Waals surface area (Å²) < 4.78 is 0. The molecule has 1 aliphatic carbocycles. The first kappa shape index (κ1) is 16.5. The molecule has 6 nitrogen and oxygen atoms in total. The number of rotatable bonds is 4. The van der Waals surface area contributed by atoms with E-state index in [-0.39, 0.29) is 12.6 Å². The number of amides is 5. The SMILES string of the molecule is CCCCN1CC(=O)N(C(=O)NC2CCCc3ccccc32)C1=O. The van der Waals surface area contributed by atoms with Crippen LogP contribution in [0.15, 0.2) is 24.3 Å². The van der Waals surface area contributed by atoms with E-state index in [9.17, 15) is 14.4 Å². The van der Waals surface area contributed by atoms with Gasteiger partial charge >= 0.3 is 12.1 Å². The molecule has 0 spiro atoms. The Bertz CT molecular complexity index is 659. The van der Waals surface area contributed by atoms with Crippen LogP contribution in [0, 0.1) is 0 Å². The number of fused-ring (bicyclic) bond motifs is 1. The summed E-state index contributed by atoms with van der Waals surface area (Å²) >= 11 is 0. The smallest absolute Gasteiger partial charge is 0.330 e. The largest absolute Gasteiger partial charge is 0.335 e. The van der Waals surface area contributed by atoms with Crippen molar-refractivity contribution < 1.29 is 14.4 Å². The number of unbranched alkanes of at least 4 members (excludes halogenated alkanes) is 1. The van der Waals surface area contributed by atoms with Crippen molar-refractivity contribution in [2.24, 2.45) is 0 Å². The Morgan fingerprint density at radius 1 is 1.29 bits per heavy atom. The van der Waals surface area contributed by atoms with E-state index in [2.05, 4.69) is 11.4 Å². The molecule has 2 aliphatic rings. The van der Waals surface area contributed by atoms with Gasteiger partial charge in [0.1, 0.15) is 6.54 Å². The second kappa shape index (κ2) is 7.03. The van der Waals surface area contributed by atoms with Gasteiger partial charge in [0.25, 0.3) is 5.91 Å². The molecule has 3 rings (SSSR count). The van der Waals surface area contributed by atoms with Gasteiger partial charge in [-0.15, -0.1) is 0 Å². The summed E-state index contributed by atoms with van der Waals surface area (Å²) in [5.41, 5.74) is 2.30. The molecule has 1 N–H and O–H groups in total. The summed E-state index contributed by atoms with van der Waals surface area (Å²) in [6, 6.07) is 6.74. The fourth-order valence-electron chi connectivity index (χ4n) is 3.39. The lowest BCUT2D eigenvalue weighted by molar-refractivity contribution is -0.123. The third-order valence-electron chi connectivity index (χ3n) is 4.69. The average Bonchev–Trinajstić information content (AvgIpc) is 2.87. The maximum atomic E-state index is 12.5. The Morgan fingerprint density at radius 2 is 2.08 bits per heavy atom. The molecule has 1 saturated heterocycles. The van der Waals surface area contributed by atoms with Crippen molar-refractivity contribution in [3.63, 3.8) is 0 Å². The minimum atomic E-state index is -0.606. The van der Waals surface area contributed by atoms with E-state index in [1.54, 1.807) is 0 Å². The first-order valence-electron chi connectivity index (χ1n) is 8.62. The monoisotopic (exact) mass is 329 g/mol. The van der Waals surface area contributed by atoms with E-state index in [1.807, 2.05) is 25.1 Å². The van der Waals surface area contributed by atoms with Crippen LogP contribution in [0.5, 0.6) is 0 Å². The number of aryl methyl sites for hydroxylation is 1. The van der Waals surface area contributed by atoms with Crippen LogP contribution >= 0.6 is 0 Å². The van der Waals surface area contributed by atoms with E-state index < -0.39 is 18.0 Å². The van der Waals surface area contributed by atoms with E-state index in [4.69, 9.17) is 0 Å². The van der Waals surface area contributed by atoms with Gasteiger partial charge in [0.05, 0.1) is 6.04 Å². The minimum Gasteiger partial charge on any atom is -0.330 e. The second-order valence-corrected chi connectivity index (χ2v) is 6.38. The number of carbonyl (C=O) groups excluding carboxylic acids is 3. The predicted molar refractivity (Wildman–Crippen MR) is 89.4 cm³/mol. The molecule has 5 amide bonds. The summed E-state index contributed by atoms with van der Waals surface area (Å²) in [6.45, 7) is 2.53. The Kier molecular flexibility index (Phi) is 4.83. The number of carbonyl (C=O) groups is 3. The highest BCUT2D eigenvalue weighted by molar-refractivity contribution is 6.14. The molecule has 1 fully saturated rings. The molecule has 0 bridgehead atoms. The van der Waals surface area contributed by atoms with Crippen molar-refractivity contribution in [3.05, 3.63) is 35.4 Å². The zero-order chi connectivity index (χ0) is 17.1. The Labute approximate surface area is 141 Å². The standard InChI is InChI=1S/C18H23N3O3/c1-2-3-11-20-12-16(22)21(18(20)24)17(23)19-15-10-6-8-13-7-4-5-9-14(13)15/h4-5,7,9,15H,2-3,6,8,10-12H2,1H3,(H,19,23). The zero-order valence-electron chi connectivity index (χ0n) is 14.0. The van der Waals surface area contributed by atoms with Gasteiger partial charge in [-0.05, 0) is 36.8 Å². The molecular formula is C18H23N3O3. The van der Waals surface area contributed by atoms with Crippen molar-refractivity contribution >= 4 is 18.0 Å². The van der Waals surface area contributed by atoms with Crippen LogP contribution in [0.3, 0.4) is 0 Å². The van der Waals surface area contributed by atoms with Gasteiger partial charge in [0.2, 0.25) is 0 Å². The van der Waals surface area contributed by atoms with Crippen LogP contribution in [-0.2, 0) is 11.2 Å². The molecule has 1 aromatic rings. The first-order valence-corrected chi connectivity index (χ1v) is 8.62. The molecule has 24 heavy (non-hydrogen) atoms. The molecule has 1 aliphatic heterocycles. The van der Waals surface area contributed by atoms with E-state index in [1.165, 1.54) is 10.5 Å². The Morgan fingerprint density at radius 3 is 2.88 bits per heavy atom. The van der Waals surface area contributed by atoms with E-state index >= 15 is 0 Å². The van der Waals surface area contributed by atoms with Gasteiger partial charge < -0.3 is 10.2 Å². The number of nitrogens with zero attached hydrogens (tertiary/aromatic N) is 2. The lowest BCUT2D eigenvalue weighted by Crippen LogP contribution is -2.46. The number of urea groups is 2. The van der Waals surface area contributed by atoms with Crippen LogP contribution < -0.4 is 5.32 Å². The Balaban J connectivity index is 1.69. The quantitative estimate of drug-likeness (QED) is 0.864. The van der Waals surface area contributed by atoms with Gasteiger partial charge in [0, 0.05) is 6.54 Å². The van der Waals surface area contributed by atoms with Crippen molar-refractivity contribution in [2.45, 2.75) is 45.1 Å². The predicted octanol–water partition coefficient (Wildman–Crippen LogP) is 2.84. The average molecular weight is 329 g/mol. The summed E-state index contributed by atoms with van der Waals surface area (Å²) in [6.07, 6.45) is 4.55. The third kappa shape index (κ3) is 3.13. The van der Waals surface area contributed by atoms with Gasteiger partial charge in [-0.25, -0.2) is 9.59 Å². The summed E-state index contributed by atoms with van der Waals surface area (Å²) in [4.78, 5) is 39.1. The van der Waals surface area contributed by atoms with Gasteiger partial charge in [-0.3, -0.25) is 4.79 Å². The lowest BCUT2D eigenvalue weighted by Gasteiger charge is -2.27. The topological polar surface area (TPSA) is 69.7 Å². The van der Waals surface area contributed by atoms with Crippen molar-refractivity contribution in [1.29, 1.82) is 0 Å². The molecular weight excluding hydrogens is 306 g/mol. The number of benzene rings is 1. The molecule has 1 atom stereocenters. The molecule has 1 unspecified atom stereocenters. The summed E-state index contributed by atoms with van der Waals surface area (Å²) in [5, 5.41) is 2.87. The van der Waals surface area contributed by atoms with Gasteiger partial charge in [-0.1, -0.05) is 37.6 Å². The zero-order valence-corrected chi connectivity index (χ0v) is 14.0. The van der Waals surface area contributed by atoms with Crippen molar-refractivity contribution in [3.8, 4) is 0 Å². The van der Waals surface area contributed by atoms with Crippen LogP contribution in [0.1, 0.15) is 49.8 Å². The minimum absolute atomic E-state index is 0.00644. The number of imide groups is 3. The van der Waals surface area contributed by atoms with Crippen LogP contribution in [0.25, 0.3) is 0 Å². The molecule has 1 aromatic carbocycles. The van der Waals surface area contributed by atoms with Gasteiger partial charge in [0.15, 0.2) is 0 Å². The Hall–Kier alpha value is -2.37. The van der Waals surface area contributed by atoms with Crippen molar-refractivity contribution in [1.82, 2.24) is 15.1 Å². The van der Waals surface area contributed by atoms with Gasteiger partial charge in [-0.2, -0.15) is 4.90 Å². The lowest BCUT2D eigenvalue weighted by atomic mass is 9.88. The first-order chi connectivity index (χ1) is 11.6.